The lowest BCUT2D eigenvalue weighted by Gasteiger charge is -2.18. The lowest BCUT2D eigenvalue weighted by Crippen LogP contribution is -2.47. The van der Waals surface area contributed by atoms with E-state index in [1.54, 1.807) is 0 Å². The summed E-state index contributed by atoms with van der Waals surface area (Å²) in [4.78, 5) is 21.6. The fraction of sp³-hybridized carbons (Fsp3) is 0.778. The Balaban J connectivity index is 2.41. The highest BCUT2D eigenvalue weighted by molar-refractivity contribution is 5.86. The van der Waals surface area contributed by atoms with Gasteiger partial charge in [-0.1, -0.05) is 12.8 Å². The molecule has 0 heterocycles. The Morgan fingerprint density at radius 1 is 1.29 bits per heavy atom. The Kier molecular flexibility index (Phi) is 3.88. The SMILES string of the molecule is NC(=O)CC(NC1CCCC1)C(N)=O. The molecule has 1 unspecified atom stereocenters. The first-order chi connectivity index (χ1) is 6.59. The second-order valence-electron chi connectivity index (χ2n) is 3.77. The van der Waals surface area contributed by atoms with Crippen LogP contribution in [0.25, 0.3) is 0 Å². The molecular formula is C9H17N3O2. The van der Waals surface area contributed by atoms with E-state index in [0.29, 0.717) is 6.04 Å². The van der Waals surface area contributed by atoms with Crippen LogP contribution in [0.1, 0.15) is 32.1 Å². The summed E-state index contributed by atoms with van der Waals surface area (Å²) in [6.07, 6.45) is 4.41. The molecule has 14 heavy (non-hydrogen) atoms. The summed E-state index contributed by atoms with van der Waals surface area (Å²) in [6, 6.07) is -0.289. The number of carbonyl (C=O) groups excluding carboxylic acids is 2. The van der Waals surface area contributed by atoms with Gasteiger partial charge in [-0.05, 0) is 12.8 Å². The molecule has 80 valence electrons. The Bertz CT molecular complexity index is 224. The Morgan fingerprint density at radius 2 is 1.86 bits per heavy atom. The van der Waals surface area contributed by atoms with Crippen molar-refractivity contribution in [3.05, 3.63) is 0 Å². The topological polar surface area (TPSA) is 98.2 Å². The largest absolute Gasteiger partial charge is 0.370 e. The van der Waals surface area contributed by atoms with Gasteiger partial charge >= 0.3 is 0 Å². The molecule has 5 N–H and O–H groups in total. The summed E-state index contributed by atoms with van der Waals surface area (Å²) >= 11 is 0. The third-order valence-corrected chi connectivity index (χ3v) is 2.54. The van der Waals surface area contributed by atoms with Crippen molar-refractivity contribution in [3.8, 4) is 0 Å². The number of nitrogens with two attached hydrogens (primary N) is 2. The molecule has 0 saturated heterocycles. The van der Waals surface area contributed by atoms with Crippen LogP contribution < -0.4 is 16.8 Å². The maximum absolute atomic E-state index is 11.0. The zero-order chi connectivity index (χ0) is 10.6. The lowest BCUT2D eigenvalue weighted by molar-refractivity contribution is -0.125. The molecule has 1 aliphatic rings. The zero-order valence-corrected chi connectivity index (χ0v) is 8.16. The van der Waals surface area contributed by atoms with Crippen LogP contribution in [0.15, 0.2) is 0 Å². The van der Waals surface area contributed by atoms with Crippen molar-refractivity contribution in [2.75, 3.05) is 0 Å². The van der Waals surface area contributed by atoms with E-state index in [1.165, 1.54) is 12.8 Å². The van der Waals surface area contributed by atoms with E-state index >= 15 is 0 Å². The van der Waals surface area contributed by atoms with E-state index in [-0.39, 0.29) is 6.42 Å². The fourth-order valence-electron chi connectivity index (χ4n) is 1.82. The van der Waals surface area contributed by atoms with Crippen LogP contribution in [0.5, 0.6) is 0 Å². The van der Waals surface area contributed by atoms with E-state index in [4.69, 9.17) is 11.5 Å². The average Bonchev–Trinajstić information content (AvgIpc) is 2.54. The molecule has 1 fully saturated rings. The van der Waals surface area contributed by atoms with Crippen LogP contribution in [0, 0.1) is 0 Å². The first kappa shape index (κ1) is 11.0. The van der Waals surface area contributed by atoms with Gasteiger partial charge in [0.15, 0.2) is 0 Å². The maximum Gasteiger partial charge on any atom is 0.235 e. The van der Waals surface area contributed by atoms with Gasteiger partial charge in [0.25, 0.3) is 0 Å². The van der Waals surface area contributed by atoms with E-state index in [1.807, 2.05) is 0 Å². The highest BCUT2D eigenvalue weighted by Crippen LogP contribution is 2.18. The molecule has 1 rings (SSSR count). The Labute approximate surface area is 83.2 Å². The van der Waals surface area contributed by atoms with Crippen LogP contribution in [-0.4, -0.2) is 23.9 Å². The fourth-order valence-corrected chi connectivity index (χ4v) is 1.82. The number of hydrogen-bond acceptors (Lipinski definition) is 3. The highest BCUT2D eigenvalue weighted by atomic mass is 16.2. The van der Waals surface area contributed by atoms with Crippen molar-refractivity contribution in [3.63, 3.8) is 0 Å². The molecular weight excluding hydrogens is 182 g/mol. The van der Waals surface area contributed by atoms with Crippen LogP contribution in [0.2, 0.25) is 0 Å². The van der Waals surface area contributed by atoms with E-state index < -0.39 is 17.9 Å². The molecule has 0 spiro atoms. The smallest absolute Gasteiger partial charge is 0.235 e. The molecule has 5 heteroatoms. The first-order valence-corrected chi connectivity index (χ1v) is 4.93. The van der Waals surface area contributed by atoms with Crippen molar-refractivity contribution in [1.29, 1.82) is 0 Å². The summed E-state index contributed by atoms with van der Waals surface area (Å²) < 4.78 is 0. The van der Waals surface area contributed by atoms with Crippen molar-refractivity contribution in [1.82, 2.24) is 5.32 Å². The molecule has 0 bridgehead atoms. The third kappa shape index (κ3) is 3.33. The predicted octanol–water partition coefficient (Wildman–Crippen LogP) is -0.752. The van der Waals surface area contributed by atoms with E-state index in [2.05, 4.69) is 5.32 Å². The zero-order valence-electron chi connectivity index (χ0n) is 8.16. The molecule has 0 aliphatic heterocycles. The number of hydrogen-bond donors (Lipinski definition) is 3. The number of primary amides is 2. The van der Waals surface area contributed by atoms with Gasteiger partial charge < -0.3 is 16.8 Å². The predicted molar refractivity (Wildman–Crippen MR) is 52.2 cm³/mol. The van der Waals surface area contributed by atoms with E-state index in [0.717, 1.165) is 12.8 Å². The summed E-state index contributed by atoms with van der Waals surface area (Å²) in [5.41, 5.74) is 10.2. The van der Waals surface area contributed by atoms with E-state index in [9.17, 15) is 9.59 Å². The normalized spacial score (nSPS) is 19.4. The summed E-state index contributed by atoms with van der Waals surface area (Å²) in [5, 5.41) is 3.07. The highest BCUT2D eigenvalue weighted by Gasteiger charge is 2.23. The lowest BCUT2D eigenvalue weighted by atomic mass is 10.1. The minimum absolute atomic E-state index is 0.00810. The first-order valence-electron chi connectivity index (χ1n) is 4.93. The van der Waals surface area contributed by atoms with Gasteiger partial charge in [-0.3, -0.25) is 9.59 Å². The maximum atomic E-state index is 11.0. The second kappa shape index (κ2) is 4.95. The minimum atomic E-state index is -0.601. The van der Waals surface area contributed by atoms with Crippen molar-refractivity contribution in [2.24, 2.45) is 11.5 Å². The standard InChI is InChI=1S/C9H17N3O2/c10-8(13)5-7(9(11)14)12-6-3-1-2-4-6/h6-7,12H,1-5H2,(H2,10,13)(H2,11,14). The van der Waals surface area contributed by atoms with Gasteiger partial charge in [0.2, 0.25) is 11.8 Å². The number of rotatable bonds is 5. The van der Waals surface area contributed by atoms with Gasteiger partial charge in [-0.15, -0.1) is 0 Å². The van der Waals surface area contributed by atoms with Crippen LogP contribution in [-0.2, 0) is 9.59 Å². The molecule has 2 amide bonds. The molecule has 1 saturated carbocycles. The second-order valence-corrected chi connectivity index (χ2v) is 3.77. The molecule has 0 radical (unpaired) electrons. The molecule has 5 nitrogen and oxygen atoms in total. The van der Waals surface area contributed by atoms with Gasteiger partial charge in [-0.2, -0.15) is 0 Å². The van der Waals surface area contributed by atoms with Gasteiger partial charge in [0, 0.05) is 6.04 Å². The van der Waals surface area contributed by atoms with Gasteiger partial charge in [0.05, 0.1) is 12.5 Å². The number of carbonyl (C=O) groups is 2. The summed E-state index contributed by atoms with van der Waals surface area (Å²) in [6.45, 7) is 0. The van der Waals surface area contributed by atoms with Crippen molar-refractivity contribution >= 4 is 11.8 Å². The Morgan fingerprint density at radius 3 is 2.29 bits per heavy atom. The third-order valence-electron chi connectivity index (χ3n) is 2.54. The minimum Gasteiger partial charge on any atom is -0.370 e. The monoisotopic (exact) mass is 199 g/mol. The van der Waals surface area contributed by atoms with Crippen molar-refractivity contribution in [2.45, 2.75) is 44.2 Å². The van der Waals surface area contributed by atoms with Crippen LogP contribution in [0.3, 0.4) is 0 Å². The van der Waals surface area contributed by atoms with Crippen LogP contribution >= 0.6 is 0 Å². The summed E-state index contributed by atoms with van der Waals surface area (Å²) in [7, 11) is 0. The molecule has 0 aromatic heterocycles. The Hall–Kier alpha value is -1.10. The van der Waals surface area contributed by atoms with Gasteiger partial charge in [0.1, 0.15) is 0 Å². The van der Waals surface area contributed by atoms with Crippen LogP contribution in [0.4, 0.5) is 0 Å². The number of amides is 2. The quantitative estimate of drug-likeness (QED) is 0.543. The molecule has 0 aromatic carbocycles. The average molecular weight is 199 g/mol. The number of nitrogens with one attached hydrogen (secondary N) is 1. The van der Waals surface area contributed by atoms with Gasteiger partial charge in [-0.25, -0.2) is 0 Å². The molecule has 1 aliphatic carbocycles. The molecule has 0 aromatic rings. The molecule has 1 atom stereocenters. The van der Waals surface area contributed by atoms with Crippen molar-refractivity contribution < 1.29 is 9.59 Å². The summed E-state index contributed by atoms with van der Waals surface area (Å²) in [5.74, 6) is -1.00.